The van der Waals surface area contributed by atoms with E-state index >= 15 is 0 Å². The Kier molecular flexibility index (Phi) is 4.06. The molecule has 0 N–H and O–H groups in total. The van der Waals surface area contributed by atoms with Gasteiger partial charge in [-0.2, -0.15) is 0 Å². The van der Waals surface area contributed by atoms with E-state index in [-0.39, 0.29) is 5.78 Å². The normalized spacial score (nSPS) is 24.1. The SMILES string of the molecule is CN1CCCC(Oc2ccc3c(c2)CCCC3=O)CC1. The molecule has 0 saturated carbocycles. The van der Waals surface area contributed by atoms with Crippen molar-refractivity contribution in [1.29, 1.82) is 0 Å². The second-order valence-electron chi connectivity index (χ2n) is 6.07. The van der Waals surface area contributed by atoms with Crippen LogP contribution < -0.4 is 4.74 Å². The molecule has 1 heterocycles. The van der Waals surface area contributed by atoms with Crippen molar-refractivity contribution in [3.63, 3.8) is 0 Å². The fraction of sp³-hybridized carbons (Fsp3) is 0.588. The summed E-state index contributed by atoms with van der Waals surface area (Å²) in [4.78, 5) is 14.2. The van der Waals surface area contributed by atoms with Crippen LogP contribution in [0.2, 0.25) is 0 Å². The Labute approximate surface area is 120 Å². The van der Waals surface area contributed by atoms with E-state index in [9.17, 15) is 4.79 Å². The van der Waals surface area contributed by atoms with Gasteiger partial charge in [0.05, 0.1) is 6.10 Å². The molecule has 0 aromatic heterocycles. The Morgan fingerprint density at radius 2 is 2.05 bits per heavy atom. The molecule has 2 aliphatic rings. The summed E-state index contributed by atoms with van der Waals surface area (Å²) in [6, 6.07) is 6.01. The summed E-state index contributed by atoms with van der Waals surface area (Å²) in [5, 5.41) is 0. The molecular weight excluding hydrogens is 250 g/mol. The fourth-order valence-corrected chi connectivity index (χ4v) is 3.22. The minimum absolute atomic E-state index is 0.286. The molecule has 0 radical (unpaired) electrons. The summed E-state index contributed by atoms with van der Waals surface area (Å²) in [5.41, 5.74) is 2.08. The Hall–Kier alpha value is -1.35. The van der Waals surface area contributed by atoms with E-state index in [0.717, 1.165) is 43.5 Å². The number of rotatable bonds is 2. The quantitative estimate of drug-likeness (QED) is 0.829. The maximum atomic E-state index is 11.8. The molecule has 1 aliphatic heterocycles. The summed E-state index contributed by atoms with van der Waals surface area (Å²) in [5.74, 6) is 1.22. The Balaban J connectivity index is 1.70. The third kappa shape index (κ3) is 3.04. The molecule has 0 spiro atoms. The first-order valence-corrected chi connectivity index (χ1v) is 7.74. The molecular formula is C17H23NO2. The van der Waals surface area contributed by atoms with Crippen LogP contribution in [0.25, 0.3) is 0 Å². The van der Waals surface area contributed by atoms with Crippen molar-refractivity contribution in [1.82, 2.24) is 4.90 Å². The summed E-state index contributed by atoms with van der Waals surface area (Å²) in [7, 11) is 2.17. The predicted molar refractivity (Wildman–Crippen MR) is 79.5 cm³/mol. The van der Waals surface area contributed by atoms with Gasteiger partial charge in [0.1, 0.15) is 5.75 Å². The number of ketones is 1. The van der Waals surface area contributed by atoms with Crippen molar-refractivity contribution in [2.75, 3.05) is 20.1 Å². The maximum absolute atomic E-state index is 11.8. The van der Waals surface area contributed by atoms with Crippen molar-refractivity contribution in [3.05, 3.63) is 29.3 Å². The number of hydrogen-bond donors (Lipinski definition) is 0. The molecule has 3 nitrogen and oxygen atoms in total. The largest absolute Gasteiger partial charge is 0.490 e. The van der Waals surface area contributed by atoms with Gasteiger partial charge < -0.3 is 9.64 Å². The Bertz CT molecular complexity index is 498. The first kappa shape index (κ1) is 13.6. The first-order chi connectivity index (χ1) is 9.72. The highest BCUT2D eigenvalue weighted by atomic mass is 16.5. The number of nitrogens with zero attached hydrogens (tertiary/aromatic N) is 1. The van der Waals surface area contributed by atoms with E-state index in [4.69, 9.17) is 4.74 Å². The van der Waals surface area contributed by atoms with Crippen molar-refractivity contribution in [2.24, 2.45) is 0 Å². The molecule has 0 bridgehead atoms. The lowest BCUT2D eigenvalue weighted by molar-refractivity contribution is 0.0972. The zero-order valence-electron chi connectivity index (χ0n) is 12.2. The molecule has 1 aliphatic carbocycles. The molecule has 3 heteroatoms. The number of benzene rings is 1. The first-order valence-electron chi connectivity index (χ1n) is 7.74. The van der Waals surface area contributed by atoms with Crippen molar-refractivity contribution < 1.29 is 9.53 Å². The van der Waals surface area contributed by atoms with Crippen LogP contribution in [0.4, 0.5) is 0 Å². The maximum Gasteiger partial charge on any atom is 0.163 e. The number of hydrogen-bond acceptors (Lipinski definition) is 3. The van der Waals surface area contributed by atoms with E-state index in [2.05, 4.69) is 18.0 Å². The van der Waals surface area contributed by atoms with Crippen molar-refractivity contribution in [2.45, 2.75) is 44.6 Å². The minimum atomic E-state index is 0.286. The standard InChI is InChI=1S/C17H23NO2/c1-18-10-3-5-14(9-11-18)20-15-7-8-16-13(12-15)4-2-6-17(16)19/h7-8,12,14H,2-6,9-11H2,1H3. The number of aryl methyl sites for hydroxylation is 1. The Morgan fingerprint density at radius 3 is 2.95 bits per heavy atom. The summed E-state index contributed by atoms with van der Waals surface area (Å²) >= 11 is 0. The lowest BCUT2D eigenvalue weighted by atomic mass is 9.90. The van der Waals surface area contributed by atoms with Gasteiger partial charge in [-0.1, -0.05) is 0 Å². The second-order valence-corrected chi connectivity index (χ2v) is 6.07. The average molecular weight is 273 g/mol. The monoisotopic (exact) mass is 273 g/mol. The second kappa shape index (κ2) is 5.96. The zero-order chi connectivity index (χ0) is 13.9. The Morgan fingerprint density at radius 1 is 1.15 bits per heavy atom. The highest BCUT2D eigenvalue weighted by Crippen LogP contribution is 2.27. The highest BCUT2D eigenvalue weighted by molar-refractivity contribution is 5.98. The van der Waals surface area contributed by atoms with Crippen LogP contribution in [0.5, 0.6) is 5.75 Å². The fourth-order valence-electron chi connectivity index (χ4n) is 3.22. The summed E-state index contributed by atoms with van der Waals surface area (Å²) in [6.45, 7) is 2.27. The molecule has 3 rings (SSSR count). The zero-order valence-corrected chi connectivity index (χ0v) is 12.2. The molecule has 1 unspecified atom stereocenters. The lowest BCUT2D eigenvalue weighted by Crippen LogP contribution is -2.21. The molecule has 1 aromatic rings. The van der Waals surface area contributed by atoms with Crippen molar-refractivity contribution in [3.8, 4) is 5.75 Å². The van der Waals surface area contributed by atoms with Gasteiger partial charge >= 0.3 is 0 Å². The van der Waals surface area contributed by atoms with Gasteiger partial charge in [-0.05, 0) is 69.5 Å². The molecule has 1 aromatic carbocycles. The van der Waals surface area contributed by atoms with Crippen LogP contribution in [0, 0.1) is 0 Å². The van der Waals surface area contributed by atoms with Gasteiger partial charge in [0.15, 0.2) is 5.78 Å². The van der Waals surface area contributed by atoms with Gasteiger partial charge in [0.25, 0.3) is 0 Å². The van der Waals surface area contributed by atoms with Crippen molar-refractivity contribution >= 4 is 5.78 Å². The molecule has 20 heavy (non-hydrogen) atoms. The number of carbonyl (C=O) groups is 1. The van der Waals surface area contributed by atoms with Crippen LogP contribution in [-0.4, -0.2) is 36.9 Å². The number of carbonyl (C=O) groups excluding carboxylic acids is 1. The minimum Gasteiger partial charge on any atom is -0.490 e. The van der Waals surface area contributed by atoms with Crippen LogP contribution in [-0.2, 0) is 6.42 Å². The topological polar surface area (TPSA) is 29.5 Å². The van der Waals surface area contributed by atoms with Crippen LogP contribution >= 0.6 is 0 Å². The average Bonchev–Trinajstić information content (AvgIpc) is 2.64. The van der Waals surface area contributed by atoms with Gasteiger partial charge in [-0.15, -0.1) is 0 Å². The smallest absolute Gasteiger partial charge is 0.163 e. The van der Waals surface area contributed by atoms with E-state index in [1.54, 1.807) is 0 Å². The van der Waals surface area contributed by atoms with E-state index in [1.165, 1.54) is 18.5 Å². The van der Waals surface area contributed by atoms with Gasteiger partial charge in [-0.25, -0.2) is 0 Å². The molecule has 1 saturated heterocycles. The van der Waals surface area contributed by atoms with Gasteiger partial charge in [-0.3, -0.25) is 4.79 Å². The van der Waals surface area contributed by atoms with Gasteiger partial charge in [0, 0.05) is 18.5 Å². The molecule has 0 amide bonds. The van der Waals surface area contributed by atoms with Crippen LogP contribution in [0.3, 0.4) is 0 Å². The third-order valence-electron chi connectivity index (χ3n) is 4.43. The van der Waals surface area contributed by atoms with E-state index < -0.39 is 0 Å². The van der Waals surface area contributed by atoms with E-state index in [1.807, 2.05) is 12.1 Å². The third-order valence-corrected chi connectivity index (χ3v) is 4.43. The van der Waals surface area contributed by atoms with Gasteiger partial charge in [0.2, 0.25) is 0 Å². The lowest BCUT2D eigenvalue weighted by Gasteiger charge is -2.20. The predicted octanol–water partition coefficient (Wildman–Crippen LogP) is 3.07. The molecule has 108 valence electrons. The number of likely N-dealkylation sites (tertiary alicyclic amines) is 1. The molecule has 1 fully saturated rings. The van der Waals surface area contributed by atoms with Crippen LogP contribution in [0.15, 0.2) is 18.2 Å². The number of fused-ring (bicyclic) bond motifs is 1. The number of ether oxygens (including phenoxy) is 1. The number of Topliss-reactive ketones (excluding diaryl/α,β-unsaturated/α-hetero) is 1. The van der Waals surface area contributed by atoms with E-state index in [0.29, 0.717) is 12.5 Å². The summed E-state index contributed by atoms with van der Waals surface area (Å²) in [6.07, 6.45) is 6.41. The van der Waals surface area contributed by atoms with Crippen LogP contribution in [0.1, 0.15) is 48.0 Å². The highest BCUT2D eigenvalue weighted by Gasteiger charge is 2.19. The molecule has 1 atom stereocenters. The summed E-state index contributed by atoms with van der Waals surface area (Å²) < 4.78 is 6.15.